The molecule has 0 fully saturated rings. The SMILES string of the molecule is C[C@H](N)c1ccc(OC(F)F)c(Cl)c1. The normalized spacial score (nSPS) is 13.0. The molecule has 1 aromatic carbocycles. The first kappa shape index (κ1) is 11.2. The van der Waals surface area contributed by atoms with E-state index in [9.17, 15) is 8.78 Å². The van der Waals surface area contributed by atoms with Gasteiger partial charge in [-0.1, -0.05) is 17.7 Å². The molecule has 0 aliphatic heterocycles. The van der Waals surface area contributed by atoms with Crippen LogP contribution in [0.25, 0.3) is 0 Å². The number of nitrogens with two attached hydrogens (primary N) is 1. The van der Waals surface area contributed by atoms with E-state index in [1.54, 1.807) is 13.0 Å². The van der Waals surface area contributed by atoms with Crippen LogP contribution in [0.3, 0.4) is 0 Å². The minimum atomic E-state index is -2.87. The van der Waals surface area contributed by atoms with Crippen molar-refractivity contribution >= 4 is 11.6 Å². The van der Waals surface area contributed by atoms with E-state index in [2.05, 4.69) is 4.74 Å². The Morgan fingerprint density at radius 2 is 2.07 bits per heavy atom. The molecule has 1 aromatic rings. The van der Waals surface area contributed by atoms with E-state index in [1.165, 1.54) is 12.1 Å². The molecule has 1 atom stereocenters. The fourth-order valence-electron chi connectivity index (χ4n) is 0.992. The first-order valence-corrected chi connectivity index (χ1v) is 4.38. The van der Waals surface area contributed by atoms with E-state index in [4.69, 9.17) is 17.3 Å². The smallest absolute Gasteiger partial charge is 0.387 e. The Balaban J connectivity index is 2.90. The Kier molecular flexibility index (Phi) is 3.66. The Bertz CT molecular complexity index is 318. The Morgan fingerprint density at radius 3 is 2.50 bits per heavy atom. The van der Waals surface area contributed by atoms with Crippen molar-refractivity contribution in [2.75, 3.05) is 0 Å². The van der Waals surface area contributed by atoms with Crippen molar-refractivity contribution in [2.24, 2.45) is 5.73 Å². The molecule has 0 heterocycles. The molecule has 0 aromatic heterocycles. The van der Waals surface area contributed by atoms with Crippen LogP contribution >= 0.6 is 11.6 Å². The predicted molar refractivity (Wildman–Crippen MR) is 50.7 cm³/mol. The van der Waals surface area contributed by atoms with Crippen LogP contribution in [0.2, 0.25) is 5.02 Å². The highest BCUT2D eigenvalue weighted by Gasteiger charge is 2.09. The quantitative estimate of drug-likeness (QED) is 0.852. The minimum Gasteiger partial charge on any atom is -0.433 e. The number of alkyl halides is 2. The van der Waals surface area contributed by atoms with Gasteiger partial charge in [0.05, 0.1) is 5.02 Å². The lowest BCUT2D eigenvalue weighted by molar-refractivity contribution is -0.0497. The van der Waals surface area contributed by atoms with Crippen molar-refractivity contribution in [3.05, 3.63) is 28.8 Å². The standard InChI is InChI=1S/C9H10ClF2NO/c1-5(13)6-2-3-8(7(10)4-6)14-9(11)12/h2-5,9H,13H2,1H3/t5-/m0/s1. The van der Waals surface area contributed by atoms with Crippen molar-refractivity contribution in [3.63, 3.8) is 0 Å². The van der Waals surface area contributed by atoms with Gasteiger partial charge in [-0.25, -0.2) is 0 Å². The zero-order chi connectivity index (χ0) is 10.7. The first-order chi connectivity index (χ1) is 6.50. The van der Waals surface area contributed by atoms with Gasteiger partial charge in [-0.15, -0.1) is 0 Å². The molecule has 0 saturated heterocycles. The molecule has 0 saturated carbocycles. The molecule has 0 aliphatic carbocycles. The zero-order valence-corrected chi connectivity index (χ0v) is 8.26. The molecule has 0 aliphatic rings. The van der Waals surface area contributed by atoms with E-state index in [0.717, 1.165) is 5.56 Å². The van der Waals surface area contributed by atoms with Crippen molar-refractivity contribution in [1.29, 1.82) is 0 Å². The van der Waals surface area contributed by atoms with Crippen molar-refractivity contribution in [2.45, 2.75) is 19.6 Å². The van der Waals surface area contributed by atoms with Gasteiger partial charge < -0.3 is 10.5 Å². The van der Waals surface area contributed by atoms with E-state index in [-0.39, 0.29) is 16.8 Å². The summed E-state index contributed by atoms with van der Waals surface area (Å²) in [6.45, 7) is -1.09. The maximum absolute atomic E-state index is 11.9. The zero-order valence-electron chi connectivity index (χ0n) is 7.51. The number of halogens is 3. The molecule has 78 valence electrons. The van der Waals surface area contributed by atoms with Crippen LogP contribution in [-0.2, 0) is 0 Å². The van der Waals surface area contributed by atoms with Gasteiger partial charge in [0, 0.05) is 6.04 Å². The average Bonchev–Trinajstić information content (AvgIpc) is 2.07. The molecule has 0 bridgehead atoms. The highest BCUT2D eigenvalue weighted by atomic mass is 35.5. The van der Waals surface area contributed by atoms with Crippen molar-refractivity contribution < 1.29 is 13.5 Å². The van der Waals surface area contributed by atoms with Gasteiger partial charge in [0.25, 0.3) is 0 Å². The van der Waals surface area contributed by atoms with E-state index in [0.29, 0.717) is 0 Å². The van der Waals surface area contributed by atoms with Crippen LogP contribution in [0, 0.1) is 0 Å². The Morgan fingerprint density at radius 1 is 1.43 bits per heavy atom. The van der Waals surface area contributed by atoms with Gasteiger partial charge in [0.2, 0.25) is 0 Å². The minimum absolute atomic E-state index is 0.0360. The molecular formula is C9H10ClF2NO. The summed E-state index contributed by atoms with van der Waals surface area (Å²) >= 11 is 5.70. The van der Waals surface area contributed by atoms with Crippen molar-refractivity contribution in [3.8, 4) is 5.75 Å². The predicted octanol–water partition coefficient (Wildman–Crippen LogP) is 2.96. The van der Waals surface area contributed by atoms with Gasteiger partial charge in [-0.2, -0.15) is 8.78 Å². The lowest BCUT2D eigenvalue weighted by Gasteiger charge is -2.10. The summed E-state index contributed by atoms with van der Waals surface area (Å²) in [5.74, 6) is -0.0360. The Labute approximate surface area is 85.6 Å². The van der Waals surface area contributed by atoms with Gasteiger partial charge in [-0.3, -0.25) is 0 Å². The average molecular weight is 222 g/mol. The molecule has 0 radical (unpaired) electrons. The maximum atomic E-state index is 11.9. The highest BCUT2D eigenvalue weighted by molar-refractivity contribution is 6.32. The molecule has 1 rings (SSSR count). The lowest BCUT2D eigenvalue weighted by Crippen LogP contribution is -2.06. The summed E-state index contributed by atoms with van der Waals surface area (Å²) in [6.07, 6.45) is 0. The third-order valence-corrected chi connectivity index (χ3v) is 1.99. The third-order valence-electron chi connectivity index (χ3n) is 1.70. The van der Waals surface area contributed by atoms with Crippen LogP contribution in [-0.4, -0.2) is 6.61 Å². The van der Waals surface area contributed by atoms with E-state index < -0.39 is 6.61 Å². The largest absolute Gasteiger partial charge is 0.433 e. The number of rotatable bonds is 3. The summed E-state index contributed by atoms with van der Waals surface area (Å²) in [7, 11) is 0. The lowest BCUT2D eigenvalue weighted by atomic mass is 10.1. The highest BCUT2D eigenvalue weighted by Crippen LogP contribution is 2.28. The monoisotopic (exact) mass is 221 g/mol. The van der Waals surface area contributed by atoms with Crippen LogP contribution in [0.15, 0.2) is 18.2 Å². The van der Waals surface area contributed by atoms with Gasteiger partial charge in [0.15, 0.2) is 0 Å². The number of hydrogen-bond acceptors (Lipinski definition) is 2. The number of ether oxygens (including phenoxy) is 1. The Hall–Kier alpha value is -0.870. The molecular weight excluding hydrogens is 212 g/mol. The summed E-state index contributed by atoms with van der Waals surface area (Å²) in [5, 5.41) is 0.139. The van der Waals surface area contributed by atoms with E-state index >= 15 is 0 Å². The topological polar surface area (TPSA) is 35.2 Å². The molecule has 2 N–H and O–H groups in total. The van der Waals surface area contributed by atoms with Gasteiger partial charge in [0.1, 0.15) is 5.75 Å². The van der Waals surface area contributed by atoms with E-state index in [1.807, 2.05) is 0 Å². The summed E-state index contributed by atoms with van der Waals surface area (Å²) < 4.78 is 27.9. The molecule has 0 spiro atoms. The third kappa shape index (κ3) is 2.82. The summed E-state index contributed by atoms with van der Waals surface area (Å²) in [5.41, 5.74) is 6.36. The first-order valence-electron chi connectivity index (χ1n) is 4.00. The molecule has 0 unspecified atom stereocenters. The number of hydrogen-bond donors (Lipinski definition) is 1. The maximum Gasteiger partial charge on any atom is 0.387 e. The summed E-state index contributed by atoms with van der Waals surface area (Å²) in [4.78, 5) is 0. The molecule has 14 heavy (non-hydrogen) atoms. The second-order valence-corrected chi connectivity index (χ2v) is 3.26. The molecule has 2 nitrogen and oxygen atoms in total. The number of benzene rings is 1. The molecule has 0 amide bonds. The summed E-state index contributed by atoms with van der Waals surface area (Å²) in [6, 6.07) is 4.32. The fraction of sp³-hybridized carbons (Fsp3) is 0.333. The van der Waals surface area contributed by atoms with Crippen LogP contribution < -0.4 is 10.5 Å². The fourth-order valence-corrected chi connectivity index (χ4v) is 1.23. The molecule has 5 heteroatoms. The van der Waals surface area contributed by atoms with Crippen LogP contribution in [0.5, 0.6) is 5.75 Å². The second-order valence-electron chi connectivity index (χ2n) is 2.86. The van der Waals surface area contributed by atoms with Gasteiger partial charge in [-0.05, 0) is 24.6 Å². The van der Waals surface area contributed by atoms with Crippen LogP contribution in [0.1, 0.15) is 18.5 Å². The van der Waals surface area contributed by atoms with Crippen LogP contribution in [0.4, 0.5) is 8.78 Å². The second kappa shape index (κ2) is 4.57. The van der Waals surface area contributed by atoms with Crippen molar-refractivity contribution in [1.82, 2.24) is 0 Å². The van der Waals surface area contributed by atoms with Gasteiger partial charge >= 0.3 is 6.61 Å².